The second-order valence-corrected chi connectivity index (χ2v) is 8.47. The lowest BCUT2D eigenvalue weighted by molar-refractivity contribution is 0.898. The third-order valence-corrected chi connectivity index (χ3v) is 5.66. The SMILES string of the molecule is CC(C)Nc1cncc(-c2cc3c(-c4nc5c(-c6ccncc6)cccc5[nH]4)n[nH]c3cn2)c1. The van der Waals surface area contributed by atoms with E-state index in [1.54, 1.807) is 18.6 Å². The molecule has 0 fully saturated rings. The molecule has 0 spiro atoms. The number of imidazole rings is 1. The van der Waals surface area contributed by atoms with E-state index >= 15 is 0 Å². The Balaban J connectivity index is 1.45. The van der Waals surface area contributed by atoms with Gasteiger partial charge in [-0.1, -0.05) is 12.1 Å². The molecule has 0 aliphatic carbocycles. The molecule has 1 aromatic carbocycles. The summed E-state index contributed by atoms with van der Waals surface area (Å²) in [5.41, 5.74) is 8.27. The van der Waals surface area contributed by atoms with Crippen molar-refractivity contribution < 1.29 is 0 Å². The summed E-state index contributed by atoms with van der Waals surface area (Å²) in [6.07, 6.45) is 9.02. The zero-order valence-corrected chi connectivity index (χ0v) is 18.7. The minimum atomic E-state index is 0.318. The fourth-order valence-corrected chi connectivity index (χ4v) is 4.16. The minimum absolute atomic E-state index is 0.318. The van der Waals surface area contributed by atoms with Gasteiger partial charge in [-0.15, -0.1) is 0 Å². The van der Waals surface area contributed by atoms with Crippen molar-refractivity contribution in [3.8, 4) is 33.9 Å². The van der Waals surface area contributed by atoms with E-state index in [1.165, 1.54) is 0 Å². The number of hydrogen-bond acceptors (Lipinski definition) is 6. The number of nitrogens with one attached hydrogen (secondary N) is 3. The molecule has 0 atom stereocenters. The largest absolute Gasteiger partial charge is 0.382 e. The molecule has 0 saturated carbocycles. The second kappa shape index (κ2) is 8.08. The van der Waals surface area contributed by atoms with Crippen LogP contribution in [0.4, 0.5) is 5.69 Å². The first-order valence-electron chi connectivity index (χ1n) is 11.1. The Morgan fingerprint density at radius 1 is 0.882 bits per heavy atom. The van der Waals surface area contributed by atoms with E-state index in [-0.39, 0.29) is 0 Å². The number of H-pyrrole nitrogens is 2. The molecule has 0 aliphatic heterocycles. The van der Waals surface area contributed by atoms with E-state index in [0.29, 0.717) is 11.9 Å². The summed E-state index contributed by atoms with van der Waals surface area (Å²) in [6.45, 7) is 4.20. The summed E-state index contributed by atoms with van der Waals surface area (Å²) in [5, 5.41) is 12.0. The predicted octanol–water partition coefficient (Wildman–Crippen LogP) is 5.45. The average molecular weight is 447 g/mol. The van der Waals surface area contributed by atoms with Crippen molar-refractivity contribution >= 4 is 27.6 Å². The molecule has 0 amide bonds. The van der Waals surface area contributed by atoms with Gasteiger partial charge in [-0.25, -0.2) is 4.98 Å². The van der Waals surface area contributed by atoms with E-state index in [2.05, 4.69) is 61.4 Å². The molecule has 0 aliphatic rings. The average Bonchev–Trinajstić information content (AvgIpc) is 3.48. The molecule has 5 aromatic heterocycles. The predicted molar refractivity (Wildman–Crippen MR) is 134 cm³/mol. The summed E-state index contributed by atoms with van der Waals surface area (Å²) in [5.74, 6) is 0.702. The summed E-state index contributed by atoms with van der Waals surface area (Å²) < 4.78 is 0. The molecule has 0 radical (unpaired) electrons. The van der Waals surface area contributed by atoms with Gasteiger partial charge >= 0.3 is 0 Å². The molecular formula is C26H22N8. The fourth-order valence-electron chi connectivity index (χ4n) is 4.16. The molecule has 34 heavy (non-hydrogen) atoms. The molecule has 0 bridgehead atoms. The van der Waals surface area contributed by atoms with Crippen molar-refractivity contribution in [3.05, 3.63) is 73.4 Å². The fraction of sp³-hybridized carbons (Fsp3) is 0.115. The molecule has 5 heterocycles. The Morgan fingerprint density at radius 3 is 2.62 bits per heavy atom. The third-order valence-electron chi connectivity index (χ3n) is 5.66. The van der Waals surface area contributed by atoms with Gasteiger partial charge in [-0.05, 0) is 49.7 Å². The third kappa shape index (κ3) is 3.55. The maximum absolute atomic E-state index is 4.93. The van der Waals surface area contributed by atoms with Crippen molar-refractivity contribution in [3.63, 3.8) is 0 Å². The maximum Gasteiger partial charge on any atom is 0.159 e. The van der Waals surface area contributed by atoms with Crippen LogP contribution in [0.2, 0.25) is 0 Å². The Labute approximate surface area is 195 Å². The first-order valence-corrected chi connectivity index (χ1v) is 11.1. The van der Waals surface area contributed by atoms with Crippen molar-refractivity contribution in [2.45, 2.75) is 19.9 Å². The Hall–Kier alpha value is -4.59. The summed E-state index contributed by atoms with van der Waals surface area (Å²) in [7, 11) is 0. The van der Waals surface area contributed by atoms with Gasteiger partial charge in [0.05, 0.1) is 34.1 Å². The summed E-state index contributed by atoms with van der Waals surface area (Å²) in [6, 6.07) is 14.5. The molecule has 8 heteroatoms. The Kier molecular flexibility index (Phi) is 4.76. The smallest absolute Gasteiger partial charge is 0.159 e. The number of aromatic nitrogens is 7. The normalized spacial score (nSPS) is 11.5. The molecule has 166 valence electrons. The molecule has 6 aromatic rings. The van der Waals surface area contributed by atoms with Gasteiger partial charge in [-0.2, -0.15) is 5.10 Å². The standard InChI is InChI=1S/C26H22N8/c1-15(2)30-18-10-17(12-28-13-18)22-11-20-23(14-29-22)33-34-25(20)26-31-21-5-3-4-19(24(21)32-26)16-6-8-27-9-7-16/h3-15,30H,1-2H3,(H,31,32)(H,33,34). The molecule has 0 saturated heterocycles. The first kappa shape index (κ1) is 20.0. The highest BCUT2D eigenvalue weighted by molar-refractivity contribution is 5.97. The maximum atomic E-state index is 4.93. The molecular weight excluding hydrogens is 424 g/mol. The van der Waals surface area contributed by atoms with Crippen LogP contribution in [0.25, 0.3) is 55.8 Å². The first-order chi connectivity index (χ1) is 16.7. The number of anilines is 1. The molecule has 8 nitrogen and oxygen atoms in total. The van der Waals surface area contributed by atoms with E-state index in [0.717, 1.165) is 55.7 Å². The molecule has 0 unspecified atom stereocenters. The molecule has 3 N–H and O–H groups in total. The number of aromatic amines is 2. The van der Waals surface area contributed by atoms with Gasteiger partial charge in [0.1, 0.15) is 5.69 Å². The van der Waals surface area contributed by atoms with Crippen LogP contribution in [-0.2, 0) is 0 Å². The summed E-state index contributed by atoms with van der Waals surface area (Å²) >= 11 is 0. The van der Waals surface area contributed by atoms with Crippen molar-refractivity contribution in [2.75, 3.05) is 5.32 Å². The van der Waals surface area contributed by atoms with Crippen LogP contribution >= 0.6 is 0 Å². The zero-order valence-electron chi connectivity index (χ0n) is 18.7. The minimum Gasteiger partial charge on any atom is -0.382 e. The summed E-state index contributed by atoms with van der Waals surface area (Å²) in [4.78, 5) is 21.5. The second-order valence-electron chi connectivity index (χ2n) is 8.47. The highest BCUT2D eigenvalue weighted by Gasteiger charge is 2.16. The number of benzene rings is 1. The van der Waals surface area contributed by atoms with Crippen molar-refractivity contribution in [1.29, 1.82) is 0 Å². The van der Waals surface area contributed by atoms with Crippen LogP contribution in [0, 0.1) is 0 Å². The number of fused-ring (bicyclic) bond motifs is 2. The number of pyridine rings is 3. The number of rotatable bonds is 5. The van der Waals surface area contributed by atoms with Gasteiger partial charge < -0.3 is 10.3 Å². The van der Waals surface area contributed by atoms with Crippen LogP contribution in [0.1, 0.15) is 13.8 Å². The lowest BCUT2D eigenvalue weighted by Crippen LogP contribution is -2.09. The number of hydrogen-bond donors (Lipinski definition) is 3. The van der Waals surface area contributed by atoms with Crippen LogP contribution in [0.5, 0.6) is 0 Å². The molecule has 6 rings (SSSR count). The Bertz CT molecular complexity index is 1610. The van der Waals surface area contributed by atoms with Crippen LogP contribution in [0.15, 0.2) is 73.4 Å². The van der Waals surface area contributed by atoms with E-state index < -0.39 is 0 Å². The quantitative estimate of drug-likeness (QED) is 0.325. The van der Waals surface area contributed by atoms with Crippen LogP contribution < -0.4 is 5.32 Å². The van der Waals surface area contributed by atoms with E-state index in [9.17, 15) is 0 Å². The monoisotopic (exact) mass is 446 g/mol. The van der Waals surface area contributed by atoms with Crippen LogP contribution in [-0.4, -0.2) is 41.2 Å². The lowest BCUT2D eigenvalue weighted by atomic mass is 10.1. The van der Waals surface area contributed by atoms with Crippen molar-refractivity contribution in [1.82, 2.24) is 35.1 Å². The van der Waals surface area contributed by atoms with E-state index in [1.807, 2.05) is 42.7 Å². The Morgan fingerprint density at radius 2 is 1.76 bits per heavy atom. The highest BCUT2D eigenvalue weighted by atomic mass is 15.1. The van der Waals surface area contributed by atoms with Gasteiger partial charge in [0, 0.05) is 47.3 Å². The highest BCUT2D eigenvalue weighted by Crippen LogP contribution is 2.32. The van der Waals surface area contributed by atoms with Gasteiger partial charge in [0.15, 0.2) is 5.82 Å². The zero-order chi connectivity index (χ0) is 23.1. The van der Waals surface area contributed by atoms with E-state index in [4.69, 9.17) is 4.98 Å². The van der Waals surface area contributed by atoms with Gasteiger partial charge in [-0.3, -0.25) is 20.1 Å². The van der Waals surface area contributed by atoms with Gasteiger partial charge in [0.2, 0.25) is 0 Å². The van der Waals surface area contributed by atoms with Crippen LogP contribution in [0.3, 0.4) is 0 Å². The van der Waals surface area contributed by atoms with Gasteiger partial charge in [0.25, 0.3) is 0 Å². The lowest BCUT2D eigenvalue weighted by Gasteiger charge is -2.10. The topological polar surface area (TPSA) is 108 Å². The van der Waals surface area contributed by atoms with Crippen molar-refractivity contribution in [2.24, 2.45) is 0 Å². The number of nitrogens with zero attached hydrogens (tertiary/aromatic N) is 5. The number of para-hydroxylation sites is 1.